The minimum atomic E-state index is -1.15. The lowest BCUT2D eigenvalue weighted by molar-refractivity contribution is -0.153. The van der Waals surface area contributed by atoms with E-state index in [1.807, 2.05) is 0 Å². The molecule has 1 amide bonds. The number of hydrogen-bond acceptors (Lipinski definition) is 15. The number of amides is 1. The molecule has 4 heterocycles. The summed E-state index contributed by atoms with van der Waals surface area (Å²) in [5, 5.41) is 6.54. The molecule has 0 radical (unpaired) electrons. The van der Waals surface area contributed by atoms with Crippen LogP contribution in [0.5, 0.6) is 0 Å². The summed E-state index contributed by atoms with van der Waals surface area (Å²) in [6, 6.07) is 0.771. The number of H-pyrrole nitrogens is 1. The Bertz CT molecular complexity index is 1810. The fourth-order valence-electron chi connectivity index (χ4n) is 6.43. The van der Waals surface area contributed by atoms with Gasteiger partial charge in [-0.3, -0.25) is 28.5 Å². The van der Waals surface area contributed by atoms with E-state index in [1.54, 1.807) is 0 Å². The number of hydrogen-bond donors (Lipinski definition) is 4. The van der Waals surface area contributed by atoms with Gasteiger partial charge in [-0.15, -0.1) is 11.8 Å². The van der Waals surface area contributed by atoms with Gasteiger partial charge in [-0.05, 0) is 18.9 Å². The molecule has 2 saturated heterocycles. The van der Waals surface area contributed by atoms with E-state index in [1.165, 1.54) is 79.7 Å². The zero-order valence-electron chi connectivity index (χ0n) is 31.8. The molecule has 6 atom stereocenters. The first kappa shape index (κ1) is 44.1. The normalized spacial score (nSPS) is 20.9. The highest BCUT2D eigenvalue weighted by Crippen LogP contribution is 2.32. The van der Waals surface area contributed by atoms with E-state index in [-0.39, 0.29) is 50.6 Å². The number of nitrogens with zero attached hydrogens (tertiary/aromatic N) is 5. The van der Waals surface area contributed by atoms with Crippen molar-refractivity contribution >= 4 is 35.4 Å². The molecule has 2 fully saturated rings. The molecule has 0 spiro atoms. The molecule has 0 unspecified atom stereocenters. The first-order valence-corrected chi connectivity index (χ1v) is 20.4. The molecule has 0 bridgehead atoms. The van der Waals surface area contributed by atoms with Gasteiger partial charge in [-0.1, -0.05) is 71.1 Å². The zero-order valence-corrected chi connectivity index (χ0v) is 32.6. The number of nitrogens with one attached hydrogen (secondary N) is 3. The van der Waals surface area contributed by atoms with Crippen LogP contribution in [-0.4, -0.2) is 79.5 Å². The van der Waals surface area contributed by atoms with E-state index in [2.05, 4.69) is 32.2 Å². The van der Waals surface area contributed by atoms with Crippen LogP contribution in [0.25, 0.3) is 0 Å². The minimum Gasteiger partial charge on any atom is -0.463 e. The van der Waals surface area contributed by atoms with Crippen molar-refractivity contribution in [2.24, 2.45) is 5.11 Å². The third-order valence-corrected chi connectivity index (χ3v) is 10.6. The van der Waals surface area contributed by atoms with Crippen LogP contribution in [0, 0.1) is 5.53 Å². The number of aromatic nitrogens is 4. The molecule has 0 aliphatic carbocycles. The zero-order chi connectivity index (χ0) is 40.3. The Kier molecular flexibility index (Phi) is 18.4. The van der Waals surface area contributed by atoms with Crippen molar-refractivity contribution in [3.63, 3.8) is 0 Å². The first-order chi connectivity index (χ1) is 27.1. The van der Waals surface area contributed by atoms with Crippen LogP contribution in [0.3, 0.4) is 0 Å². The van der Waals surface area contributed by atoms with Crippen molar-refractivity contribution < 1.29 is 33.3 Å². The summed E-state index contributed by atoms with van der Waals surface area (Å²) < 4.78 is 25.2. The number of esters is 2. The fourth-order valence-corrected chi connectivity index (χ4v) is 7.42. The maximum atomic E-state index is 13.3. The van der Waals surface area contributed by atoms with Crippen LogP contribution >= 0.6 is 11.8 Å². The molecule has 308 valence electrons. The van der Waals surface area contributed by atoms with Crippen molar-refractivity contribution in [3.05, 3.63) is 55.8 Å². The highest BCUT2D eigenvalue weighted by atomic mass is 32.2. The second kappa shape index (κ2) is 23.4. The summed E-state index contributed by atoms with van der Waals surface area (Å²) in [4.78, 5) is 84.1. The highest BCUT2D eigenvalue weighted by Gasteiger charge is 2.41. The van der Waals surface area contributed by atoms with Crippen LogP contribution in [0.15, 0.2) is 44.0 Å². The molecule has 2 aliphatic rings. The standard InChI is InChI=1S/C36H53N9O10S/c1-2-3-4-5-6-7-8-9-10-11-12-13-28(46)39-24(34(49)53-22-33-55-31(23-56-33)45-18-16-27(37)40-35(45)50)14-15-32(48)52-21-26-25(42-43-38)20-30(54-26)44-19-17-29(47)41-36(44)51/h16-19,24-26,30-31,33,38H,2-15,20-23H2,1H3,(H3-,37,39,40,41,46,47,50,51)/p+1/t24-,25-,26+,30+,31-,33+/m0/s1. The lowest BCUT2D eigenvalue weighted by atomic mass is 10.0. The Morgan fingerprint density at radius 3 is 2.36 bits per heavy atom. The summed E-state index contributed by atoms with van der Waals surface area (Å²) in [7, 11) is 0. The maximum absolute atomic E-state index is 13.3. The molecule has 2 aromatic rings. The molecule has 2 aliphatic heterocycles. The van der Waals surface area contributed by atoms with Gasteiger partial charge in [0.15, 0.2) is 6.04 Å². The maximum Gasteiger partial charge on any atom is 0.351 e. The summed E-state index contributed by atoms with van der Waals surface area (Å²) in [6.45, 7) is 1.75. The van der Waals surface area contributed by atoms with E-state index >= 15 is 0 Å². The van der Waals surface area contributed by atoms with Crippen molar-refractivity contribution in [2.75, 3.05) is 24.7 Å². The lowest BCUT2D eigenvalue weighted by Crippen LogP contribution is -2.43. The van der Waals surface area contributed by atoms with Crippen LogP contribution in [0.4, 0.5) is 5.82 Å². The highest BCUT2D eigenvalue weighted by molar-refractivity contribution is 8.00. The lowest BCUT2D eigenvalue weighted by Gasteiger charge is -2.20. The number of anilines is 1. The molecule has 56 heavy (non-hydrogen) atoms. The average molecular weight is 805 g/mol. The molecular formula is C36H54N9O10S+. The van der Waals surface area contributed by atoms with Crippen LogP contribution in [0.2, 0.25) is 0 Å². The first-order valence-electron chi connectivity index (χ1n) is 19.3. The molecule has 0 saturated carbocycles. The molecule has 5 N–H and O–H groups in total. The summed E-state index contributed by atoms with van der Waals surface area (Å²) in [5.41, 5.74) is 10.3. The second-order valence-electron chi connectivity index (χ2n) is 13.8. The van der Waals surface area contributed by atoms with Crippen LogP contribution in [0.1, 0.15) is 116 Å². The quantitative estimate of drug-likeness (QED) is 0.0515. The van der Waals surface area contributed by atoms with Gasteiger partial charge in [0.05, 0.1) is 0 Å². The number of aromatic amines is 1. The van der Waals surface area contributed by atoms with Gasteiger partial charge in [0.25, 0.3) is 5.56 Å². The summed E-state index contributed by atoms with van der Waals surface area (Å²) in [6.07, 6.45) is 12.8. The molecule has 2 aromatic heterocycles. The minimum absolute atomic E-state index is 0.0869. The summed E-state index contributed by atoms with van der Waals surface area (Å²) >= 11 is 1.34. The Labute approximate surface area is 328 Å². The number of carbonyl (C=O) groups is 3. The number of unbranched alkanes of at least 4 members (excludes halogenated alkanes) is 10. The number of nitrogen functional groups attached to an aromatic ring is 1. The predicted octanol–water partition coefficient (Wildman–Crippen LogP) is 3.22. The van der Waals surface area contributed by atoms with E-state index in [0.29, 0.717) is 12.2 Å². The predicted molar refractivity (Wildman–Crippen MR) is 204 cm³/mol. The number of ether oxygens (including phenoxy) is 4. The Hall–Kier alpha value is -4.65. The third kappa shape index (κ3) is 14.5. The van der Waals surface area contributed by atoms with E-state index in [9.17, 15) is 28.8 Å². The van der Waals surface area contributed by atoms with Crippen LogP contribution < -0.4 is 32.9 Å². The van der Waals surface area contributed by atoms with Gasteiger partial charge in [0.1, 0.15) is 59.7 Å². The molecule has 4 rings (SSSR count). The van der Waals surface area contributed by atoms with Crippen molar-refractivity contribution in [2.45, 2.75) is 139 Å². The van der Waals surface area contributed by atoms with Crippen molar-refractivity contribution in [1.82, 2.24) is 29.3 Å². The van der Waals surface area contributed by atoms with Gasteiger partial charge in [-0.2, -0.15) is 4.98 Å². The fraction of sp³-hybridized carbons (Fsp3) is 0.694. The van der Waals surface area contributed by atoms with Crippen molar-refractivity contribution in [3.8, 4) is 0 Å². The number of carbonyl (C=O) groups excluding carboxylic acids is 3. The SMILES string of the molecule is CCCCCCCCCCCCCC(=O)N[C@@H](CCC(=O)OC[C@H]1O[C@@H](n2ccc(=O)[nH]c2=O)C[C@@H]1N=[N+]=N)C(=O)OC[C@@H]1O[C@H](n2ccc(N)nc2=O)CS1. The van der Waals surface area contributed by atoms with Crippen LogP contribution in [-0.2, 0) is 33.3 Å². The van der Waals surface area contributed by atoms with Gasteiger partial charge in [0, 0.05) is 43.5 Å². The monoisotopic (exact) mass is 804 g/mol. The second-order valence-corrected chi connectivity index (χ2v) is 15.0. The Morgan fingerprint density at radius 2 is 1.68 bits per heavy atom. The molecule has 0 aromatic carbocycles. The van der Waals surface area contributed by atoms with Gasteiger partial charge < -0.3 is 30.0 Å². The Balaban J connectivity index is 1.26. The average Bonchev–Trinajstić information content (AvgIpc) is 3.81. The number of thioether (sulfide) groups is 1. The van der Waals surface area contributed by atoms with Crippen molar-refractivity contribution in [1.29, 1.82) is 5.53 Å². The largest absolute Gasteiger partial charge is 0.463 e. The summed E-state index contributed by atoms with van der Waals surface area (Å²) in [5.74, 6) is -1.31. The van der Waals surface area contributed by atoms with Gasteiger partial charge >= 0.3 is 23.3 Å². The van der Waals surface area contributed by atoms with Gasteiger partial charge in [-0.25, -0.2) is 14.4 Å². The molecule has 20 heteroatoms. The van der Waals surface area contributed by atoms with Gasteiger partial charge in [0.2, 0.25) is 10.8 Å². The number of nitrogens with two attached hydrogens (primary N) is 1. The third-order valence-electron chi connectivity index (χ3n) is 9.50. The smallest absolute Gasteiger partial charge is 0.351 e. The molecular weight excluding hydrogens is 751 g/mol. The van der Waals surface area contributed by atoms with E-state index in [4.69, 9.17) is 30.2 Å². The number of rotatable bonds is 24. The van der Waals surface area contributed by atoms with E-state index in [0.717, 1.165) is 29.9 Å². The topological polar surface area (TPSA) is 266 Å². The Morgan fingerprint density at radius 1 is 0.982 bits per heavy atom. The van der Waals surface area contributed by atoms with E-state index < -0.39 is 65.0 Å². The molecule has 19 nitrogen and oxygen atoms in total.